The first kappa shape index (κ1) is 14.4. The van der Waals surface area contributed by atoms with Crippen molar-refractivity contribution in [1.82, 2.24) is 10.6 Å². The highest BCUT2D eigenvalue weighted by atomic mass is 32.2. The Morgan fingerprint density at radius 1 is 1.38 bits per heavy atom. The molecule has 1 saturated carbocycles. The van der Waals surface area contributed by atoms with Gasteiger partial charge in [-0.3, -0.25) is 9.79 Å². The average molecular weight is 303 g/mol. The van der Waals surface area contributed by atoms with E-state index in [1.807, 2.05) is 13.0 Å². The van der Waals surface area contributed by atoms with Crippen LogP contribution in [0.25, 0.3) is 0 Å². The van der Waals surface area contributed by atoms with E-state index in [0.717, 1.165) is 30.2 Å². The van der Waals surface area contributed by atoms with Crippen molar-refractivity contribution >= 4 is 22.8 Å². The number of nitrogens with one attached hydrogen (secondary N) is 2. The first-order chi connectivity index (χ1) is 10.2. The van der Waals surface area contributed by atoms with Crippen molar-refractivity contribution in [1.29, 1.82) is 0 Å². The Morgan fingerprint density at radius 3 is 2.86 bits per heavy atom. The normalized spacial score (nSPS) is 22.5. The minimum atomic E-state index is -0.215. The van der Waals surface area contributed by atoms with Crippen LogP contribution >= 0.6 is 11.8 Å². The topological polar surface area (TPSA) is 53.5 Å². The van der Waals surface area contributed by atoms with E-state index in [1.54, 1.807) is 11.8 Å². The smallest absolute Gasteiger partial charge is 0.242 e. The third-order valence-corrected chi connectivity index (χ3v) is 4.73. The molecule has 1 heterocycles. The van der Waals surface area contributed by atoms with Crippen molar-refractivity contribution in [3.8, 4) is 0 Å². The summed E-state index contributed by atoms with van der Waals surface area (Å²) in [6.07, 6.45) is 3.20. The SMILES string of the molecule is CC(NC1=NC(Cc2ccccc2)CS1)C(=O)NC1CC1. The van der Waals surface area contributed by atoms with E-state index in [4.69, 9.17) is 0 Å². The van der Waals surface area contributed by atoms with Crippen LogP contribution in [0, 0.1) is 0 Å². The van der Waals surface area contributed by atoms with E-state index in [-0.39, 0.29) is 11.9 Å². The summed E-state index contributed by atoms with van der Waals surface area (Å²) in [5, 5.41) is 7.14. The van der Waals surface area contributed by atoms with Crippen molar-refractivity contribution in [2.75, 3.05) is 5.75 Å². The predicted molar refractivity (Wildman–Crippen MR) is 87.6 cm³/mol. The summed E-state index contributed by atoms with van der Waals surface area (Å²) in [5.74, 6) is 1.06. The molecule has 0 saturated heterocycles. The van der Waals surface area contributed by atoms with E-state index < -0.39 is 0 Å². The Hall–Kier alpha value is -1.49. The van der Waals surface area contributed by atoms with Crippen LogP contribution in [-0.2, 0) is 11.2 Å². The molecular formula is C16H21N3OS. The first-order valence-corrected chi connectivity index (χ1v) is 8.50. The average Bonchev–Trinajstić information content (AvgIpc) is 3.19. The molecule has 2 unspecified atom stereocenters. The number of amidine groups is 1. The van der Waals surface area contributed by atoms with E-state index >= 15 is 0 Å². The van der Waals surface area contributed by atoms with Gasteiger partial charge in [-0.2, -0.15) is 0 Å². The van der Waals surface area contributed by atoms with Gasteiger partial charge >= 0.3 is 0 Å². The number of amides is 1. The van der Waals surface area contributed by atoms with Crippen LogP contribution in [0.1, 0.15) is 25.3 Å². The van der Waals surface area contributed by atoms with Crippen LogP contribution in [0.3, 0.4) is 0 Å². The van der Waals surface area contributed by atoms with E-state index in [1.165, 1.54) is 5.56 Å². The van der Waals surface area contributed by atoms with Crippen molar-refractivity contribution in [2.24, 2.45) is 4.99 Å². The lowest BCUT2D eigenvalue weighted by Gasteiger charge is -2.14. The number of nitrogens with zero attached hydrogens (tertiary/aromatic N) is 1. The quantitative estimate of drug-likeness (QED) is 0.874. The number of benzene rings is 1. The molecule has 1 fully saturated rings. The lowest BCUT2D eigenvalue weighted by atomic mass is 10.1. The standard InChI is InChI=1S/C16H21N3OS/c1-11(15(20)18-13-7-8-13)17-16-19-14(10-21-16)9-12-5-3-2-4-6-12/h2-6,11,13-14H,7-10H2,1H3,(H,17,19)(H,18,20). The molecule has 2 N–H and O–H groups in total. The van der Waals surface area contributed by atoms with Crippen LogP contribution in [-0.4, -0.2) is 35.0 Å². The monoisotopic (exact) mass is 303 g/mol. The van der Waals surface area contributed by atoms with Crippen LogP contribution < -0.4 is 10.6 Å². The second-order valence-electron chi connectivity index (χ2n) is 5.74. The highest BCUT2D eigenvalue weighted by Gasteiger charge is 2.27. The lowest BCUT2D eigenvalue weighted by Crippen LogP contribution is -2.44. The summed E-state index contributed by atoms with van der Waals surface area (Å²) in [7, 11) is 0. The third-order valence-electron chi connectivity index (χ3n) is 3.68. The maximum atomic E-state index is 11.9. The molecule has 112 valence electrons. The Balaban J connectivity index is 1.49. The molecule has 1 aliphatic carbocycles. The highest BCUT2D eigenvalue weighted by molar-refractivity contribution is 8.14. The predicted octanol–water partition coefficient (Wildman–Crippen LogP) is 1.96. The first-order valence-electron chi connectivity index (χ1n) is 7.52. The van der Waals surface area contributed by atoms with Crippen LogP contribution in [0.4, 0.5) is 0 Å². The molecule has 0 aromatic heterocycles. The number of hydrogen-bond donors (Lipinski definition) is 2. The summed E-state index contributed by atoms with van der Waals surface area (Å²) in [5.41, 5.74) is 1.31. The Bertz CT molecular complexity index is 528. The Morgan fingerprint density at radius 2 is 2.14 bits per heavy atom. The fourth-order valence-electron chi connectivity index (χ4n) is 2.29. The van der Waals surface area contributed by atoms with Gasteiger partial charge in [0.1, 0.15) is 6.04 Å². The van der Waals surface area contributed by atoms with E-state index in [2.05, 4.69) is 39.9 Å². The van der Waals surface area contributed by atoms with Crippen LogP contribution in [0.5, 0.6) is 0 Å². The molecule has 1 aromatic carbocycles. The van der Waals surface area contributed by atoms with Gasteiger partial charge in [0.15, 0.2) is 5.17 Å². The van der Waals surface area contributed by atoms with E-state index in [9.17, 15) is 4.79 Å². The number of carbonyl (C=O) groups excluding carboxylic acids is 1. The molecule has 2 atom stereocenters. The summed E-state index contributed by atoms with van der Waals surface area (Å²) in [6, 6.07) is 10.9. The molecule has 1 amide bonds. The van der Waals surface area contributed by atoms with Gasteiger partial charge in [0, 0.05) is 11.8 Å². The minimum Gasteiger partial charge on any atom is -0.353 e. The summed E-state index contributed by atoms with van der Waals surface area (Å²) in [6.45, 7) is 1.89. The second-order valence-corrected chi connectivity index (χ2v) is 6.75. The number of aliphatic imine (C=N–C) groups is 1. The maximum absolute atomic E-state index is 11.9. The van der Waals surface area contributed by atoms with Crippen LogP contribution in [0.2, 0.25) is 0 Å². The van der Waals surface area contributed by atoms with Crippen LogP contribution in [0.15, 0.2) is 35.3 Å². The fourth-order valence-corrected chi connectivity index (χ4v) is 3.32. The van der Waals surface area contributed by atoms with Gasteiger partial charge in [0.05, 0.1) is 6.04 Å². The molecule has 4 nitrogen and oxygen atoms in total. The molecule has 0 bridgehead atoms. The second kappa shape index (κ2) is 6.52. The van der Waals surface area contributed by atoms with Crippen molar-refractivity contribution in [3.63, 3.8) is 0 Å². The molecule has 0 radical (unpaired) electrons. The number of thioether (sulfide) groups is 1. The van der Waals surface area contributed by atoms with Crippen molar-refractivity contribution in [2.45, 2.75) is 44.3 Å². The Kier molecular flexibility index (Phi) is 4.48. The molecule has 0 spiro atoms. The molecule has 21 heavy (non-hydrogen) atoms. The molecule has 1 aliphatic heterocycles. The number of hydrogen-bond acceptors (Lipinski definition) is 4. The van der Waals surface area contributed by atoms with Gasteiger partial charge in [-0.25, -0.2) is 0 Å². The van der Waals surface area contributed by atoms with Gasteiger partial charge in [-0.1, -0.05) is 42.1 Å². The van der Waals surface area contributed by atoms with Crippen molar-refractivity contribution < 1.29 is 4.79 Å². The summed E-state index contributed by atoms with van der Waals surface area (Å²) >= 11 is 1.71. The zero-order valence-electron chi connectivity index (χ0n) is 12.2. The zero-order valence-corrected chi connectivity index (χ0v) is 13.0. The summed E-state index contributed by atoms with van der Waals surface area (Å²) in [4.78, 5) is 16.6. The van der Waals surface area contributed by atoms with Gasteiger partial charge in [-0.15, -0.1) is 0 Å². The molecule has 2 aliphatic rings. The van der Waals surface area contributed by atoms with Gasteiger partial charge in [0.25, 0.3) is 0 Å². The highest BCUT2D eigenvalue weighted by Crippen LogP contribution is 2.21. The summed E-state index contributed by atoms with van der Waals surface area (Å²) < 4.78 is 0. The van der Waals surface area contributed by atoms with E-state index in [0.29, 0.717) is 12.1 Å². The molecular weight excluding hydrogens is 282 g/mol. The molecule has 1 aromatic rings. The van der Waals surface area contributed by atoms with Gasteiger partial charge in [0.2, 0.25) is 5.91 Å². The lowest BCUT2D eigenvalue weighted by molar-refractivity contribution is -0.122. The number of rotatable bonds is 5. The maximum Gasteiger partial charge on any atom is 0.242 e. The fraction of sp³-hybridized carbons (Fsp3) is 0.500. The number of carbonyl (C=O) groups is 1. The minimum absolute atomic E-state index is 0.0762. The Labute approximate surface area is 129 Å². The zero-order chi connectivity index (χ0) is 14.7. The third kappa shape index (κ3) is 4.24. The van der Waals surface area contributed by atoms with Crippen molar-refractivity contribution in [3.05, 3.63) is 35.9 Å². The molecule has 3 rings (SSSR count). The molecule has 5 heteroatoms. The van der Waals surface area contributed by atoms with Gasteiger partial charge < -0.3 is 10.6 Å². The van der Waals surface area contributed by atoms with Gasteiger partial charge in [-0.05, 0) is 31.7 Å². The largest absolute Gasteiger partial charge is 0.353 e.